The Kier molecular flexibility index (Phi) is 4.92. The van der Waals surface area contributed by atoms with Crippen LogP contribution in [0.25, 0.3) is 16.9 Å². The van der Waals surface area contributed by atoms with Gasteiger partial charge in [-0.25, -0.2) is 4.98 Å². The van der Waals surface area contributed by atoms with E-state index in [-0.39, 0.29) is 12.5 Å². The third-order valence-corrected chi connectivity index (χ3v) is 5.99. The van der Waals surface area contributed by atoms with Crippen LogP contribution >= 0.6 is 0 Å². The van der Waals surface area contributed by atoms with Crippen molar-refractivity contribution in [1.29, 1.82) is 0 Å². The van der Waals surface area contributed by atoms with Gasteiger partial charge in [0.05, 0.1) is 17.1 Å². The fourth-order valence-electron chi connectivity index (χ4n) is 4.27. The summed E-state index contributed by atoms with van der Waals surface area (Å²) >= 11 is 0. The molecular formula is C23H27N5O2. The summed E-state index contributed by atoms with van der Waals surface area (Å²) in [4.78, 5) is 21.3. The molecule has 1 aromatic carbocycles. The Morgan fingerprint density at radius 1 is 1.17 bits per heavy atom. The molecule has 5 rings (SSSR count). The highest BCUT2D eigenvalue weighted by atomic mass is 16.5. The highest BCUT2D eigenvalue weighted by molar-refractivity contribution is 5.98. The Bertz CT molecular complexity index is 1100. The molecule has 0 radical (unpaired) electrons. The van der Waals surface area contributed by atoms with E-state index in [0.717, 1.165) is 67.5 Å². The first-order valence-electron chi connectivity index (χ1n) is 10.5. The first kappa shape index (κ1) is 19.1. The summed E-state index contributed by atoms with van der Waals surface area (Å²) in [5, 5.41) is 3.48. The van der Waals surface area contributed by atoms with Gasteiger partial charge < -0.3 is 19.4 Å². The van der Waals surface area contributed by atoms with Crippen molar-refractivity contribution in [2.24, 2.45) is 0 Å². The number of carbonyl (C=O) groups excluding carboxylic acids is 1. The second kappa shape index (κ2) is 7.74. The van der Waals surface area contributed by atoms with Crippen LogP contribution in [0.3, 0.4) is 0 Å². The minimum atomic E-state index is -0.0393. The molecule has 2 aliphatic rings. The van der Waals surface area contributed by atoms with Gasteiger partial charge in [0.15, 0.2) is 6.61 Å². The smallest absolute Gasteiger partial charge is 0.264 e. The van der Waals surface area contributed by atoms with E-state index in [1.54, 1.807) is 11.9 Å². The lowest BCUT2D eigenvalue weighted by Gasteiger charge is -2.26. The molecule has 7 nitrogen and oxygen atoms in total. The van der Waals surface area contributed by atoms with Gasteiger partial charge in [0, 0.05) is 38.4 Å². The monoisotopic (exact) mass is 405 g/mol. The summed E-state index contributed by atoms with van der Waals surface area (Å²) in [6.45, 7) is 7.20. The van der Waals surface area contributed by atoms with Crippen LogP contribution in [-0.2, 0) is 11.3 Å². The van der Waals surface area contributed by atoms with Gasteiger partial charge in [0.25, 0.3) is 5.91 Å². The molecule has 30 heavy (non-hydrogen) atoms. The number of nitrogens with one attached hydrogen (secondary N) is 1. The molecule has 0 saturated carbocycles. The summed E-state index contributed by atoms with van der Waals surface area (Å²) in [6.07, 6.45) is 3.31. The first-order valence-corrected chi connectivity index (χ1v) is 10.5. The lowest BCUT2D eigenvalue weighted by molar-refractivity contribution is -0.120. The van der Waals surface area contributed by atoms with Crippen LogP contribution in [0.4, 0.5) is 5.69 Å². The van der Waals surface area contributed by atoms with E-state index >= 15 is 0 Å². The zero-order valence-electron chi connectivity index (χ0n) is 17.5. The zero-order chi connectivity index (χ0) is 20.7. The molecule has 3 aromatic rings. The molecule has 0 bridgehead atoms. The summed E-state index contributed by atoms with van der Waals surface area (Å²) < 4.78 is 7.82. The normalized spacial score (nSPS) is 17.7. The molecule has 7 heteroatoms. The fraction of sp³-hybridized carbons (Fsp3) is 0.391. The number of aryl methyl sites for hydroxylation is 1. The number of hydrogen-bond acceptors (Lipinski definition) is 5. The number of hydrogen-bond donors (Lipinski definition) is 1. The Morgan fingerprint density at radius 2 is 2.07 bits per heavy atom. The van der Waals surface area contributed by atoms with Gasteiger partial charge in [-0.2, -0.15) is 0 Å². The van der Waals surface area contributed by atoms with Gasteiger partial charge >= 0.3 is 0 Å². The van der Waals surface area contributed by atoms with Crippen LogP contribution in [0.1, 0.15) is 17.7 Å². The second-order valence-corrected chi connectivity index (χ2v) is 8.15. The number of likely N-dealkylation sites (N-methyl/N-ethyl adjacent to an activating group) is 1. The number of fused-ring (bicyclic) bond motifs is 2. The van der Waals surface area contributed by atoms with E-state index in [0.29, 0.717) is 0 Å². The van der Waals surface area contributed by atoms with E-state index in [4.69, 9.17) is 9.72 Å². The molecule has 2 aliphatic heterocycles. The summed E-state index contributed by atoms with van der Waals surface area (Å²) in [5.74, 6) is 0.697. The predicted molar refractivity (Wildman–Crippen MR) is 117 cm³/mol. The number of amides is 1. The number of rotatable bonds is 3. The number of nitrogens with zero attached hydrogens (tertiary/aromatic N) is 4. The van der Waals surface area contributed by atoms with Crippen LogP contribution < -0.4 is 15.0 Å². The molecule has 2 aromatic heterocycles. The minimum Gasteiger partial charge on any atom is -0.482 e. The molecule has 1 saturated heterocycles. The summed E-state index contributed by atoms with van der Waals surface area (Å²) in [6, 6.07) is 10.2. The molecule has 0 atom stereocenters. The SMILES string of the molecule is Cc1ccc2nc(-c3ccc4c(c3)N(C)C(=O)CO4)c(CN3CCCNCC3)n2c1. The molecule has 156 valence electrons. The van der Waals surface area contributed by atoms with Gasteiger partial charge in [-0.05, 0) is 56.3 Å². The molecule has 0 spiro atoms. The van der Waals surface area contributed by atoms with Crippen LogP contribution in [0.2, 0.25) is 0 Å². The maximum atomic E-state index is 12.1. The van der Waals surface area contributed by atoms with E-state index in [1.807, 2.05) is 18.2 Å². The standard InChI is InChI=1S/C23H27N5O2/c1-16-4-7-21-25-23(17-5-6-20-18(12-17)26(2)22(29)15-30-20)19(28(21)13-16)14-27-10-3-8-24-9-11-27/h4-7,12-13,24H,3,8-11,14-15H2,1-2H3. The zero-order valence-corrected chi connectivity index (χ0v) is 17.5. The molecule has 4 heterocycles. The number of ether oxygens (including phenoxy) is 1. The van der Waals surface area contributed by atoms with Gasteiger partial charge in [0.1, 0.15) is 11.4 Å². The number of carbonyl (C=O) groups is 1. The van der Waals surface area contributed by atoms with E-state index < -0.39 is 0 Å². The van der Waals surface area contributed by atoms with Crippen molar-refractivity contribution in [2.75, 3.05) is 44.7 Å². The lowest BCUT2D eigenvalue weighted by atomic mass is 10.1. The summed E-state index contributed by atoms with van der Waals surface area (Å²) in [5.41, 5.74) is 6.09. The predicted octanol–water partition coefficient (Wildman–Crippen LogP) is 2.46. The first-order chi connectivity index (χ1) is 14.6. The molecule has 1 amide bonds. The maximum absolute atomic E-state index is 12.1. The number of anilines is 1. The van der Waals surface area contributed by atoms with E-state index in [2.05, 4.69) is 39.9 Å². The molecule has 1 N–H and O–H groups in total. The molecule has 1 fully saturated rings. The quantitative estimate of drug-likeness (QED) is 0.725. The van der Waals surface area contributed by atoms with Crippen molar-refractivity contribution in [2.45, 2.75) is 19.9 Å². The number of pyridine rings is 1. The average Bonchev–Trinajstić information content (AvgIpc) is 2.91. The van der Waals surface area contributed by atoms with Gasteiger partial charge in [-0.1, -0.05) is 6.07 Å². The van der Waals surface area contributed by atoms with Crippen molar-refractivity contribution in [1.82, 2.24) is 19.6 Å². The fourth-order valence-corrected chi connectivity index (χ4v) is 4.27. The molecule has 0 unspecified atom stereocenters. The van der Waals surface area contributed by atoms with Gasteiger partial charge in [-0.15, -0.1) is 0 Å². The van der Waals surface area contributed by atoms with E-state index in [9.17, 15) is 4.79 Å². The third kappa shape index (κ3) is 3.44. The number of aromatic nitrogens is 2. The number of benzene rings is 1. The highest BCUT2D eigenvalue weighted by Gasteiger charge is 2.24. The Balaban J connectivity index is 1.61. The topological polar surface area (TPSA) is 62.1 Å². The van der Waals surface area contributed by atoms with Crippen LogP contribution in [0.15, 0.2) is 36.5 Å². The minimum absolute atomic E-state index is 0.0393. The largest absolute Gasteiger partial charge is 0.482 e. The second-order valence-electron chi connectivity index (χ2n) is 8.15. The lowest BCUT2D eigenvalue weighted by Crippen LogP contribution is -2.35. The van der Waals surface area contributed by atoms with Crippen molar-refractivity contribution < 1.29 is 9.53 Å². The van der Waals surface area contributed by atoms with Crippen LogP contribution in [-0.4, -0.2) is 60.0 Å². The van der Waals surface area contributed by atoms with Gasteiger partial charge in [0.2, 0.25) is 0 Å². The van der Waals surface area contributed by atoms with E-state index in [1.165, 1.54) is 11.3 Å². The van der Waals surface area contributed by atoms with Crippen LogP contribution in [0.5, 0.6) is 5.75 Å². The highest BCUT2D eigenvalue weighted by Crippen LogP contribution is 2.36. The van der Waals surface area contributed by atoms with Crippen LogP contribution in [0, 0.1) is 6.92 Å². The maximum Gasteiger partial charge on any atom is 0.264 e. The third-order valence-electron chi connectivity index (χ3n) is 5.99. The molecule has 0 aliphatic carbocycles. The summed E-state index contributed by atoms with van der Waals surface area (Å²) in [7, 11) is 1.80. The number of imidazole rings is 1. The Hall–Kier alpha value is -2.90. The Morgan fingerprint density at radius 3 is 2.97 bits per heavy atom. The molecular weight excluding hydrogens is 378 g/mol. The average molecular weight is 406 g/mol. The van der Waals surface area contributed by atoms with Crippen molar-refractivity contribution in [3.63, 3.8) is 0 Å². The van der Waals surface area contributed by atoms with Crippen molar-refractivity contribution >= 4 is 17.2 Å². The van der Waals surface area contributed by atoms with Crippen molar-refractivity contribution in [3.05, 3.63) is 47.8 Å². The van der Waals surface area contributed by atoms with Crippen molar-refractivity contribution in [3.8, 4) is 17.0 Å². The Labute approximate surface area is 176 Å². The van der Waals surface area contributed by atoms with Gasteiger partial charge in [-0.3, -0.25) is 9.69 Å².